The van der Waals surface area contributed by atoms with Gasteiger partial charge in [-0.2, -0.15) is 0 Å². The Morgan fingerprint density at radius 1 is 0.920 bits per heavy atom. The summed E-state index contributed by atoms with van der Waals surface area (Å²) in [6.07, 6.45) is 0. The molecule has 0 unspecified atom stereocenters. The summed E-state index contributed by atoms with van der Waals surface area (Å²) in [5.74, 6) is -0.0841. The smallest absolute Gasteiger partial charge is 0.263 e. The first-order valence-electron chi connectivity index (χ1n) is 7.69. The molecule has 2 aromatic carbocycles. The topological polar surface area (TPSA) is 59.1 Å². The maximum Gasteiger partial charge on any atom is 0.263 e. The van der Waals surface area contributed by atoms with E-state index < -0.39 is 10.0 Å². The van der Waals surface area contributed by atoms with Crippen LogP contribution in [0.1, 0.15) is 11.3 Å². The van der Waals surface area contributed by atoms with E-state index in [1.807, 2.05) is 0 Å². The molecule has 0 radical (unpaired) electrons. The summed E-state index contributed by atoms with van der Waals surface area (Å²) in [7, 11) is -3.77. The van der Waals surface area contributed by atoms with Gasteiger partial charge in [0.1, 0.15) is 11.6 Å². The van der Waals surface area contributed by atoms with E-state index in [0.29, 0.717) is 22.4 Å². The van der Waals surface area contributed by atoms with Crippen LogP contribution in [0.4, 0.5) is 10.2 Å². The number of benzene rings is 2. The van der Waals surface area contributed by atoms with Crippen molar-refractivity contribution in [3.8, 4) is 11.1 Å². The largest absolute Gasteiger partial charge is 0.263 e. The molecule has 3 aromatic rings. The van der Waals surface area contributed by atoms with Crippen molar-refractivity contribution in [2.24, 2.45) is 0 Å². The van der Waals surface area contributed by atoms with Crippen LogP contribution in [0.15, 0.2) is 65.6 Å². The zero-order chi connectivity index (χ0) is 18.0. The zero-order valence-electron chi connectivity index (χ0n) is 13.8. The van der Waals surface area contributed by atoms with Gasteiger partial charge in [-0.15, -0.1) is 0 Å². The Morgan fingerprint density at radius 2 is 1.68 bits per heavy atom. The highest BCUT2D eigenvalue weighted by atomic mass is 32.2. The minimum atomic E-state index is -3.77. The molecule has 0 bridgehead atoms. The Hall–Kier alpha value is -2.73. The molecule has 1 heterocycles. The molecule has 0 aliphatic heterocycles. The fourth-order valence-electron chi connectivity index (χ4n) is 2.58. The number of aryl methyl sites for hydroxylation is 2. The van der Waals surface area contributed by atoms with Gasteiger partial charge in [0, 0.05) is 11.3 Å². The summed E-state index contributed by atoms with van der Waals surface area (Å²) in [5.41, 5.74) is 2.49. The van der Waals surface area contributed by atoms with Crippen molar-refractivity contribution >= 4 is 15.8 Å². The van der Waals surface area contributed by atoms with Crippen molar-refractivity contribution in [3.05, 3.63) is 77.7 Å². The van der Waals surface area contributed by atoms with Gasteiger partial charge >= 0.3 is 0 Å². The van der Waals surface area contributed by atoms with E-state index in [0.717, 1.165) is 0 Å². The van der Waals surface area contributed by atoms with E-state index in [4.69, 9.17) is 0 Å². The summed E-state index contributed by atoms with van der Waals surface area (Å²) in [6, 6.07) is 16.1. The Morgan fingerprint density at radius 3 is 2.36 bits per heavy atom. The number of sulfonamides is 1. The second kappa shape index (κ2) is 6.64. The van der Waals surface area contributed by atoms with Crippen molar-refractivity contribution in [1.82, 2.24) is 4.98 Å². The zero-order valence-corrected chi connectivity index (χ0v) is 14.6. The minimum absolute atomic E-state index is 0.105. The number of nitrogens with zero attached hydrogens (tertiary/aromatic N) is 1. The molecule has 1 aromatic heterocycles. The number of hydrogen-bond acceptors (Lipinski definition) is 3. The maximum atomic E-state index is 14.0. The van der Waals surface area contributed by atoms with E-state index in [2.05, 4.69) is 9.71 Å². The van der Waals surface area contributed by atoms with Crippen LogP contribution in [0.2, 0.25) is 0 Å². The maximum absolute atomic E-state index is 14.0. The average Bonchev–Trinajstić information content (AvgIpc) is 2.55. The molecule has 0 saturated heterocycles. The van der Waals surface area contributed by atoms with Crippen LogP contribution in [0, 0.1) is 19.7 Å². The predicted octanol–water partition coefficient (Wildman–Crippen LogP) is 4.31. The molecule has 25 heavy (non-hydrogen) atoms. The summed E-state index contributed by atoms with van der Waals surface area (Å²) in [6.45, 7) is 3.54. The summed E-state index contributed by atoms with van der Waals surface area (Å²) in [4.78, 5) is 4.25. The third-order valence-corrected chi connectivity index (χ3v) is 5.15. The predicted molar refractivity (Wildman–Crippen MR) is 96.4 cm³/mol. The molecule has 1 N–H and O–H groups in total. The average molecular weight is 356 g/mol. The van der Waals surface area contributed by atoms with Crippen LogP contribution in [0.25, 0.3) is 11.1 Å². The third-order valence-electron chi connectivity index (χ3n) is 3.80. The Balaban J connectivity index is 1.96. The van der Waals surface area contributed by atoms with Crippen LogP contribution >= 0.6 is 0 Å². The van der Waals surface area contributed by atoms with E-state index in [9.17, 15) is 12.8 Å². The third kappa shape index (κ3) is 3.69. The van der Waals surface area contributed by atoms with E-state index >= 15 is 0 Å². The summed E-state index contributed by atoms with van der Waals surface area (Å²) < 4.78 is 41.5. The number of anilines is 1. The molecule has 0 atom stereocenters. The van der Waals surface area contributed by atoms with Crippen molar-refractivity contribution in [1.29, 1.82) is 0 Å². The number of aromatic nitrogens is 1. The lowest BCUT2D eigenvalue weighted by Crippen LogP contribution is -2.14. The molecular formula is C19H17FN2O2S. The van der Waals surface area contributed by atoms with Gasteiger partial charge in [-0.1, -0.05) is 30.3 Å². The molecule has 0 aliphatic carbocycles. The van der Waals surface area contributed by atoms with Gasteiger partial charge in [0.05, 0.1) is 4.90 Å². The lowest BCUT2D eigenvalue weighted by atomic mass is 10.0. The number of halogens is 1. The van der Waals surface area contributed by atoms with Gasteiger partial charge in [-0.25, -0.2) is 17.8 Å². The molecule has 0 aliphatic rings. The van der Waals surface area contributed by atoms with E-state index in [-0.39, 0.29) is 16.5 Å². The highest BCUT2D eigenvalue weighted by molar-refractivity contribution is 7.92. The fourth-order valence-corrected chi connectivity index (χ4v) is 3.67. The molecule has 0 spiro atoms. The van der Waals surface area contributed by atoms with Crippen LogP contribution in [0.3, 0.4) is 0 Å². The summed E-state index contributed by atoms with van der Waals surface area (Å²) in [5, 5.41) is 0. The van der Waals surface area contributed by atoms with Gasteiger partial charge in [0.15, 0.2) is 0 Å². The first kappa shape index (κ1) is 17.1. The Bertz CT molecular complexity index is 1030. The first-order chi connectivity index (χ1) is 11.9. The van der Waals surface area contributed by atoms with Crippen LogP contribution in [-0.2, 0) is 10.0 Å². The van der Waals surface area contributed by atoms with Crippen molar-refractivity contribution < 1.29 is 12.8 Å². The molecule has 3 rings (SSSR count). The Kier molecular flexibility index (Phi) is 4.55. The highest BCUT2D eigenvalue weighted by Gasteiger charge is 2.17. The molecule has 0 amide bonds. The normalized spacial score (nSPS) is 11.3. The van der Waals surface area contributed by atoms with Crippen molar-refractivity contribution in [2.45, 2.75) is 18.7 Å². The van der Waals surface area contributed by atoms with E-state index in [1.54, 1.807) is 56.3 Å². The van der Waals surface area contributed by atoms with Crippen LogP contribution in [-0.4, -0.2) is 13.4 Å². The minimum Gasteiger partial charge on any atom is -0.263 e. The van der Waals surface area contributed by atoms with Crippen LogP contribution in [0.5, 0.6) is 0 Å². The van der Waals surface area contributed by atoms with Gasteiger partial charge < -0.3 is 0 Å². The molecular weight excluding hydrogens is 339 g/mol. The SMILES string of the molecule is Cc1cccc(NS(=O)(=O)c2ccc(-c3ccccc3F)c(C)c2)n1. The fraction of sp³-hybridized carbons (Fsp3) is 0.105. The van der Waals surface area contributed by atoms with Gasteiger partial charge in [0.25, 0.3) is 10.0 Å². The molecule has 4 nitrogen and oxygen atoms in total. The standard InChI is InChI=1S/C19H17FN2O2S/c1-13-12-15(10-11-16(13)17-7-3-4-8-18(17)20)25(23,24)22-19-9-5-6-14(2)21-19/h3-12H,1-2H3,(H,21,22). The molecule has 0 saturated carbocycles. The summed E-state index contributed by atoms with van der Waals surface area (Å²) >= 11 is 0. The van der Waals surface area contributed by atoms with E-state index in [1.165, 1.54) is 18.2 Å². The molecule has 128 valence electrons. The molecule has 6 heteroatoms. The number of nitrogens with one attached hydrogen (secondary N) is 1. The van der Waals surface area contributed by atoms with Gasteiger partial charge in [-0.3, -0.25) is 4.72 Å². The van der Waals surface area contributed by atoms with Crippen molar-refractivity contribution in [2.75, 3.05) is 4.72 Å². The Labute approximate surface area is 146 Å². The highest BCUT2D eigenvalue weighted by Crippen LogP contribution is 2.28. The monoisotopic (exact) mass is 356 g/mol. The number of pyridine rings is 1. The molecule has 0 fully saturated rings. The number of rotatable bonds is 4. The second-order valence-electron chi connectivity index (χ2n) is 5.73. The second-order valence-corrected chi connectivity index (χ2v) is 7.41. The number of hydrogen-bond donors (Lipinski definition) is 1. The van der Waals surface area contributed by atoms with Gasteiger partial charge in [0.2, 0.25) is 0 Å². The van der Waals surface area contributed by atoms with Crippen molar-refractivity contribution in [3.63, 3.8) is 0 Å². The first-order valence-corrected chi connectivity index (χ1v) is 9.17. The van der Waals surface area contributed by atoms with Gasteiger partial charge in [-0.05, 0) is 55.3 Å². The quantitative estimate of drug-likeness (QED) is 0.758. The lowest BCUT2D eigenvalue weighted by Gasteiger charge is -2.11. The lowest BCUT2D eigenvalue weighted by molar-refractivity contribution is 0.601. The van der Waals surface area contributed by atoms with Crippen LogP contribution < -0.4 is 4.72 Å².